The van der Waals surface area contributed by atoms with Crippen LogP contribution >= 0.6 is 11.3 Å². The normalized spacial score (nSPS) is 10.2. The van der Waals surface area contributed by atoms with E-state index in [0.717, 1.165) is 5.69 Å². The molecule has 94 valence electrons. The lowest BCUT2D eigenvalue weighted by atomic mass is 10.3. The number of hydrogen-bond acceptors (Lipinski definition) is 4. The van der Waals surface area contributed by atoms with Crippen molar-refractivity contribution in [3.8, 4) is 0 Å². The maximum Gasteiger partial charge on any atom is 0.263 e. The minimum absolute atomic E-state index is 0.155. The highest BCUT2D eigenvalue weighted by molar-refractivity contribution is 7.17. The Morgan fingerprint density at radius 3 is 2.61 bits per heavy atom. The van der Waals surface area contributed by atoms with Crippen LogP contribution in [0.15, 0.2) is 24.3 Å². The first-order valence-electron chi connectivity index (χ1n) is 5.32. The molecule has 0 spiro atoms. The number of nitrogens with one attached hydrogen (secondary N) is 2. The molecule has 0 atom stereocenters. The van der Waals surface area contributed by atoms with Crippen LogP contribution in [0.5, 0.6) is 0 Å². The van der Waals surface area contributed by atoms with Gasteiger partial charge in [-0.25, -0.2) is 9.37 Å². The van der Waals surface area contributed by atoms with Crippen LogP contribution in [0.2, 0.25) is 0 Å². The maximum absolute atomic E-state index is 12.8. The Labute approximate surface area is 108 Å². The molecule has 0 aliphatic carbocycles. The number of nitrogens with zero attached hydrogens (tertiary/aromatic N) is 1. The van der Waals surface area contributed by atoms with Crippen molar-refractivity contribution in [2.75, 3.05) is 12.4 Å². The number of carbonyl (C=O) groups excluding carboxylic acids is 1. The van der Waals surface area contributed by atoms with Gasteiger partial charge in [0, 0.05) is 12.7 Å². The first-order chi connectivity index (χ1) is 8.60. The number of aromatic nitrogens is 1. The molecule has 0 radical (unpaired) electrons. The molecule has 2 aromatic rings. The number of halogens is 1. The average molecular weight is 265 g/mol. The van der Waals surface area contributed by atoms with Gasteiger partial charge < -0.3 is 10.6 Å². The summed E-state index contributed by atoms with van der Waals surface area (Å²) in [5.41, 5.74) is 1.40. The first-order valence-corrected chi connectivity index (χ1v) is 6.14. The summed E-state index contributed by atoms with van der Waals surface area (Å²) in [6.45, 7) is 1.77. The second-order valence-electron chi connectivity index (χ2n) is 3.64. The number of hydrogen-bond donors (Lipinski definition) is 2. The lowest BCUT2D eigenvalue weighted by Crippen LogP contribution is -2.17. The van der Waals surface area contributed by atoms with Gasteiger partial charge in [-0.1, -0.05) is 11.3 Å². The Balaban J connectivity index is 2.20. The van der Waals surface area contributed by atoms with E-state index in [2.05, 4.69) is 15.6 Å². The van der Waals surface area contributed by atoms with Crippen molar-refractivity contribution in [2.45, 2.75) is 6.92 Å². The van der Waals surface area contributed by atoms with Crippen molar-refractivity contribution >= 4 is 28.1 Å². The van der Waals surface area contributed by atoms with Gasteiger partial charge in [0.2, 0.25) is 0 Å². The third-order valence-corrected chi connectivity index (χ3v) is 3.40. The second kappa shape index (κ2) is 5.14. The number of anilines is 2. The molecule has 1 heterocycles. The lowest BCUT2D eigenvalue weighted by Gasteiger charge is -2.01. The zero-order valence-electron chi connectivity index (χ0n) is 9.95. The largest absolute Gasteiger partial charge is 0.354 e. The van der Waals surface area contributed by atoms with Gasteiger partial charge in [0.05, 0.1) is 5.69 Å². The van der Waals surface area contributed by atoms with Gasteiger partial charge >= 0.3 is 0 Å². The molecule has 1 aromatic carbocycles. The molecule has 1 aromatic heterocycles. The lowest BCUT2D eigenvalue weighted by molar-refractivity contribution is 0.0966. The van der Waals surface area contributed by atoms with E-state index < -0.39 is 0 Å². The van der Waals surface area contributed by atoms with Crippen molar-refractivity contribution < 1.29 is 9.18 Å². The molecular formula is C12H12FN3OS. The standard InChI is InChI=1S/C12H12FN3OS/c1-7-10(11(17)14-2)18-12(15-7)16-9-5-3-8(13)4-6-9/h3-6H,1-2H3,(H,14,17)(H,15,16). The van der Waals surface area contributed by atoms with E-state index in [9.17, 15) is 9.18 Å². The average Bonchev–Trinajstić information content (AvgIpc) is 2.72. The molecule has 4 nitrogen and oxygen atoms in total. The number of aryl methyl sites for hydroxylation is 1. The molecule has 0 aliphatic heterocycles. The van der Waals surface area contributed by atoms with E-state index in [0.29, 0.717) is 15.7 Å². The highest BCUT2D eigenvalue weighted by Gasteiger charge is 2.13. The zero-order valence-corrected chi connectivity index (χ0v) is 10.8. The topological polar surface area (TPSA) is 54.0 Å². The van der Waals surface area contributed by atoms with Crippen LogP contribution in [0.1, 0.15) is 15.4 Å². The zero-order chi connectivity index (χ0) is 13.1. The predicted molar refractivity (Wildman–Crippen MR) is 69.9 cm³/mol. The van der Waals surface area contributed by atoms with Gasteiger partial charge in [0.1, 0.15) is 10.7 Å². The number of carbonyl (C=O) groups is 1. The third-order valence-electron chi connectivity index (χ3n) is 2.33. The molecule has 0 saturated carbocycles. The van der Waals surface area contributed by atoms with Crippen LogP contribution in [0, 0.1) is 12.7 Å². The monoisotopic (exact) mass is 265 g/mol. The van der Waals surface area contributed by atoms with Crippen molar-refractivity contribution in [3.63, 3.8) is 0 Å². The third kappa shape index (κ3) is 2.65. The van der Waals surface area contributed by atoms with Crippen molar-refractivity contribution in [1.82, 2.24) is 10.3 Å². The molecule has 0 unspecified atom stereocenters. The van der Waals surface area contributed by atoms with E-state index in [1.54, 1.807) is 26.1 Å². The van der Waals surface area contributed by atoms with Gasteiger partial charge in [0.15, 0.2) is 5.13 Å². The molecule has 0 aliphatic rings. The number of amides is 1. The smallest absolute Gasteiger partial charge is 0.263 e. The summed E-state index contributed by atoms with van der Waals surface area (Å²) in [5.74, 6) is -0.445. The highest BCUT2D eigenvalue weighted by atomic mass is 32.1. The maximum atomic E-state index is 12.8. The fraction of sp³-hybridized carbons (Fsp3) is 0.167. The Morgan fingerprint density at radius 1 is 1.33 bits per heavy atom. The number of rotatable bonds is 3. The molecule has 2 rings (SSSR count). The number of benzene rings is 1. The Morgan fingerprint density at radius 2 is 2.00 bits per heavy atom. The molecule has 2 N–H and O–H groups in total. The fourth-order valence-electron chi connectivity index (χ4n) is 1.43. The van der Waals surface area contributed by atoms with Gasteiger partial charge in [0.25, 0.3) is 5.91 Å². The molecule has 1 amide bonds. The van der Waals surface area contributed by atoms with Crippen LogP contribution in [-0.2, 0) is 0 Å². The summed E-state index contributed by atoms with van der Waals surface area (Å²) < 4.78 is 12.8. The molecule has 6 heteroatoms. The Bertz CT molecular complexity index is 565. The summed E-state index contributed by atoms with van der Waals surface area (Å²) in [4.78, 5) is 16.3. The van der Waals surface area contributed by atoms with Crippen LogP contribution in [0.3, 0.4) is 0 Å². The van der Waals surface area contributed by atoms with Crippen LogP contribution in [0.4, 0.5) is 15.2 Å². The predicted octanol–water partition coefficient (Wildman–Crippen LogP) is 2.69. The van der Waals surface area contributed by atoms with E-state index >= 15 is 0 Å². The van der Waals surface area contributed by atoms with Crippen molar-refractivity contribution in [3.05, 3.63) is 40.7 Å². The molecule has 0 fully saturated rings. The van der Waals surface area contributed by atoms with Crippen molar-refractivity contribution in [2.24, 2.45) is 0 Å². The molecule has 0 bridgehead atoms. The minimum atomic E-state index is -0.290. The Hall–Kier alpha value is -1.95. The second-order valence-corrected chi connectivity index (χ2v) is 4.64. The van der Waals surface area contributed by atoms with Crippen LogP contribution < -0.4 is 10.6 Å². The van der Waals surface area contributed by atoms with E-state index in [1.165, 1.54) is 23.5 Å². The molecular weight excluding hydrogens is 253 g/mol. The van der Waals surface area contributed by atoms with E-state index in [4.69, 9.17) is 0 Å². The quantitative estimate of drug-likeness (QED) is 0.897. The summed E-state index contributed by atoms with van der Waals surface area (Å²) in [5, 5.41) is 6.20. The van der Waals surface area contributed by atoms with Crippen molar-refractivity contribution in [1.29, 1.82) is 0 Å². The van der Waals surface area contributed by atoms with Gasteiger partial charge in [-0.3, -0.25) is 4.79 Å². The minimum Gasteiger partial charge on any atom is -0.354 e. The molecule has 18 heavy (non-hydrogen) atoms. The van der Waals surface area contributed by atoms with Crippen LogP contribution in [-0.4, -0.2) is 17.9 Å². The molecule has 0 saturated heterocycles. The summed E-state index contributed by atoms with van der Waals surface area (Å²) in [6.07, 6.45) is 0. The summed E-state index contributed by atoms with van der Waals surface area (Å²) in [7, 11) is 1.58. The fourth-order valence-corrected chi connectivity index (χ4v) is 2.36. The van der Waals surface area contributed by atoms with Gasteiger partial charge in [-0.05, 0) is 31.2 Å². The van der Waals surface area contributed by atoms with E-state index in [1.807, 2.05) is 0 Å². The first kappa shape index (κ1) is 12.5. The summed E-state index contributed by atoms with van der Waals surface area (Å²) >= 11 is 1.26. The summed E-state index contributed by atoms with van der Waals surface area (Å²) in [6, 6.07) is 5.96. The number of thiazole rings is 1. The van der Waals surface area contributed by atoms with Gasteiger partial charge in [-0.2, -0.15) is 0 Å². The van der Waals surface area contributed by atoms with Gasteiger partial charge in [-0.15, -0.1) is 0 Å². The SMILES string of the molecule is CNC(=O)c1sc(Nc2ccc(F)cc2)nc1C. The highest BCUT2D eigenvalue weighted by Crippen LogP contribution is 2.25. The Kier molecular flexibility index (Phi) is 3.57. The van der Waals surface area contributed by atoms with Crippen LogP contribution in [0.25, 0.3) is 0 Å². The van der Waals surface area contributed by atoms with E-state index in [-0.39, 0.29) is 11.7 Å².